The average molecular weight is 543 g/mol. The van der Waals surface area contributed by atoms with Gasteiger partial charge in [-0.1, -0.05) is 0 Å². The Morgan fingerprint density at radius 2 is 2.03 bits per heavy atom. The van der Waals surface area contributed by atoms with E-state index in [-0.39, 0.29) is 29.9 Å². The fraction of sp³-hybridized carbons (Fsp3) is 0.667. The van der Waals surface area contributed by atoms with Crippen molar-refractivity contribution in [3.63, 3.8) is 0 Å². The van der Waals surface area contributed by atoms with Crippen LogP contribution in [0.25, 0.3) is 10.2 Å². The number of nitrogens with one attached hydrogen (secondary N) is 3. The van der Waals surface area contributed by atoms with Gasteiger partial charge in [-0.15, -0.1) is 11.3 Å². The largest absolute Gasteiger partial charge is 0.368 e. The minimum Gasteiger partial charge on any atom is -0.368 e. The molecule has 0 bridgehead atoms. The Kier molecular flexibility index (Phi) is 5.86. The van der Waals surface area contributed by atoms with Crippen LogP contribution in [0.2, 0.25) is 0 Å². The fourth-order valence-electron chi connectivity index (χ4n) is 4.89. The number of hydrogen-bond donors (Lipinski definition) is 3. The number of rotatable bonds is 8. The standard InChI is InChI=1S/C21H28BrN5O3S2/c1-12-16(22)17-18(31-12)19(24-10-13-8-21(9-13)4-5-21)27-20(26-17)23-6-2-15(28)25-14-3-7-32(29,30)11-14/h13-14H,2-11H2,1H3,(H,25,28)(H2,23,24,26,27). The van der Waals surface area contributed by atoms with Gasteiger partial charge in [-0.05, 0) is 66.3 Å². The van der Waals surface area contributed by atoms with Gasteiger partial charge in [0.1, 0.15) is 11.3 Å². The molecule has 2 saturated carbocycles. The van der Waals surface area contributed by atoms with E-state index in [4.69, 9.17) is 4.98 Å². The predicted molar refractivity (Wildman–Crippen MR) is 131 cm³/mol. The van der Waals surface area contributed by atoms with Crippen molar-refractivity contribution in [1.82, 2.24) is 15.3 Å². The molecule has 8 nitrogen and oxygen atoms in total. The second-order valence-corrected chi connectivity index (χ2v) is 13.8. The van der Waals surface area contributed by atoms with E-state index in [1.54, 1.807) is 11.3 Å². The zero-order chi connectivity index (χ0) is 22.5. The highest BCUT2D eigenvalue weighted by molar-refractivity contribution is 9.10. The first-order valence-electron chi connectivity index (χ1n) is 11.2. The molecule has 1 amide bonds. The van der Waals surface area contributed by atoms with E-state index in [1.807, 2.05) is 0 Å². The lowest BCUT2D eigenvalue weighted by atomic mass is 9.72. The minimum absolute atomic E-state index is 0.0363. The van der Waals surface area contributed by atoms with Crippen LogP contribution in [0.4, 0.5) is 11.8 Å². The molecule has 174 valence electrons. The number of halogens is 1. The third-order valence-electron chi connectivity index (χ3n) is 6.83. The van der Waals surface area contributed by atoms with Crippen molar-refractivity contribution in [3.05, 3.63) is 9.35 Å². The summed E-state index contributed by atoms with van der Waals surface area (Å²) in [7, 11) is -3.01. The summed E-state index contributed by atoms with van der Waals surface area (Å²) >= 11 is 5.32. The van der Waals surface area contributed by atoms with E-state index in [1.165, 1.54) is 25.7 Å². The van der Waals surface area contributed by atoms with Crippen LogP contribution in [0.3, 0.4) is 0 Å². The molecule has 0 aromatic carbocycles. The zero-order valence-corrected chi connectivity index (χ0v) is 21.3. The number of carbonyl (C=O) groups is 1. The molecule has 32 heavy (non-hydrogen) atoms. The molecule has 1 saturated heterocycles. The second-order valence-electron chi connectivity index (χ2n) is 9.55. The summed E-state index contributed by atoms with van der Waals surface area (Å²) in [6.07, 6.45) is 6.17. The van der Waals surface area contributed by atoms with E-state index >= 15 is 0 Å². The molecular formula is C21H28BrN5O3S2. The molecule has 5 rings (SSSR count). The number of aryl methyl sites for hydroxylation is 1. The fourth-order valence-corrected chi connectivity index (χ4v) is 8.18. The summed E-state index contributed by atoms with van der Waals surface area (Å²) in [4.78, 5) is 22.7. The van der Waals surface area contributed by atoms with Crippen LogP contribution in [0.1, 0.15) is 43.4 Å². The van der Waals surface area contributed by atoms with Crippen molar-refractivity contribution in [2.75, 3.05) is 35.2 Å². The van der Waals surface area contributed by atoms with E-state index in [9.17, 15) is 13.2 Å². The number of aromatic nitrogens is 2. The number of amides is 1. The Labute approximate surface area is 200 Å². The molecule has 2 aromatic heterocycles. The molecule has 3 heterocycles. The number of thiophene rings is 1. The molecule has 2 aliphatic carbocycles. The van der Waals surface area contributed by atoms with Gasteiger partial charge in [-0.3, -0.25) is 4.79 Å². The first kappa shape index (κ1) is 22.3. The molecule has 0 radical (unpaired) electrons. The Bertz CT molecular complexity index is 1150. The van der Waals surface area contributed by atoms with Gasteiger partial charge in [0, 0.05) is 30.4 Å². The van der Waals surface area contributed by atoms with Crippen LogP contribution in [-0.2, 0) is 14.6 Å². The molecule has 1 spiro atoms. The van der Waals surface area contributed by atoms with Crippen LogP contribution < -0.4 is 16.0 Å². The third kappa shape index (κ3) is 4.75. The van der Waals surface area contributed by atoms with E-state index in [0.717, 1.165) is 31.9 Å². The maximum Gasteiger partial charge on any atom is 0.225 e. The number of anilines is 2. The molecule has 3 aliphatic rings. The maximum absolute atomic E-state index is 12.2. The van der Waals surface area contributed by atoms with Crippen LogP contribution >= 0.6 is 27.3 Å². The Morgan fingerprint density at radius 3 is 2.72 bits per heavy atom. The lowest BCUT2D eigenvalue weighted by Gasteiger charge is -2.36. The first-order valence-corrected chi connectivity index (χ1v) is 14.6. The van der Waals surface area contributed by atoms with E-state index in [2.05, 4.69) is 43.8 Å². The summed E-state index contributed by atoms with van der Waals surface area (Å²) in [5.74, 6) is 2.07. The Morgan fingerprint density at radius 1 is 1.25 bits per heavy atom. The molecule has 1 unspecified atom stereocenters. The third-order valence-corrected chi connectivity index (χ3v) is 10.9. The van der Waals surface area contributed by atoms with E-state index in [0.29, 0.717) is 30.2 Å². The average Bonchev–Trinajstić information content (AvgIpc) is 3.36. The summed E-state index contributed by atoms with van der Waals surface area (Å²) in [5.41, 5.74) is 1.56. The number of nitrogens with zero attached hydrogens (tertiary/aromatic N) is 2. The van der Waals surface area contributed by atoms with Gasteiger partial charge in [-0.2, -0.15) is 4.98 Å². The number of carbonyl (C=O) groups excluding carboxylic acids is 1. The van der Waals surface area contributed by atoms with Gasteiger partial charge in [0.15, 0.2) is 9.84 Å². The molecule has 3 N–H and O–H groups in total. The molecule has 11 heteroatoms. The number of fused-ring (bicyclic) bond motifs is 1. The summed E-state index contributed by atoms with van der Waals surface area (Å²) < 4.78 is 25.1. The van der Waals surface area contributed by atoms with Gasteiger partial charge < -0.3 is 16.0 Å². The van der Waals surface area contributed by atoms with Gasteiger partial charge in [0.05, 0.1) is 20.7 Å². The smallest absolute Gasteiger partial charge is 0.225 e. The lowest BCUT2D eigenvalue weighted by molar-refractivity contribution is -0.121. The number of hydrogen-bond acceptors (Lipinski definition) is 8. The van der Waals surface area contributed by atoms with Gasteiger partial charge in [0.2, 0.25) is 11.9 Å². The lowest BCUT2D eigenvalue weighted by Crippen LogP contribution is -2.36. The van der Waals surface area contributed by atoms with Crippen molar-refractivity contribution in [1.29, 1.82) is 0 Å². The van der Waals surface area contributed by atoms with Crippen molar-refractivity contribution in [2.45, 2.75) is 51.5 Å². The van der Waals surface area contributed by atoms with Crippen molar-refractivity contribution in [2.24, 2.45) is 11.3 Å². The molecule has 3 fully saturated rings. The quantitative estimate of drug-likeness (QED) is 0.468. The number of sulfone groups is 1. The van der Waals surface area contributed by atoms with Crippen LogP contribution in [0, 0.1) is 18.3 Å². The summed E-state index contributed by atoms with van der Waals surface area (Å²) in [6.45, 7) is 3.36. The second kappa shape index (κ2) is 8.39. The summed E-state index contributed by atoms with van der Waals surface area (Å²) in [6, 6.07) is -0.276. The normalized spacial score (nSPS) is 23.2. The minimum atomic E-state index is -3.01. The monoisotopic (exact) mass is 541 g/mol. The van der Waals surface area contributed by atoms with Gasteiger partial charge >= 0.3 is 0 Å². The first-order chi connectivity index (χ1) is 15.2. The predicted octanol–water partition coefficient (Wildman–Crippen LogP) is 3.47. The van der Waals surface area contributed by atoms with Crippen LogP contribution in [0.5, 0.6) is 0 Å². The van der Waals surface area contributed by atoms with Crippen molar-refractivity contribution < 1.29 is 13.2 Å². The zero-order valence-electron chi connectivity index (χ0n) is 18.0. The van der Waals surface area contributed by atoms with Crippen molar-refractivity contribution in [3.8, 4) is 0 Å². The highest BCUT2D eigenvalue weighted by Gasteiger charge is 2.52. The molecule has 1 atom stereocenters. The molecule has 2 aromatic rings. The Balaban J connectivity index is 1.20. The van der Waals surface area contributed by atoms with Crippen LogP contribution in [0.15, 0.2) is 4.47 Å². The highest BCUT2D eigenvalue weighted by atomic mass is 79.9. The molecular weight excluding hydrogens is 514 g/mol. The van der Waals surface area contributed by atoms with Gasteiger partial charge in [-0.25, -0.2) is 13.4 Å². The summed E-state index contributed by atoms with van der Waals surface area (Å²) in [5, 5.41) is 9.53. The van der Waals surface area contributed by atoms with Gasteiger partial charge in [0.25, 0.3) is 0 Å². The van der Waals surface area contributed by atoms with E-state index < -0.39 is 9.84 Å². The van der Waals surface area contributed by atoms with Crippen LogP contribution in [-0.4, -0.2) is 54.9 Å². The maximum atomic E-state index is 12.2. The molecule has 1 aliphatic heterocycles. The van der Waals surface area contributed by atoms with Crippen molar-refractivity contribution >= 4 is 65.0 Å². The Hall–Kier alpha value is -1.46. The highest BCUT2D eigenvalue weighted by Crippen LogP contribution is 2.63. The topological polar surface area (TPSA) is 113 Å². The SMILES string of the molecule is Cc1sc2c(NCC3CC4(CC4)C3)nc(NCCC(=O)NC3CCS(=O)(=O)C3)nc2c1Br.